The fourth-order valence-electron chi connectivity index (χ4n) is 1.40. The number of nitrogens with two attached hydrogens (primary N) is 3. The summed E-state index contributed by atoms with van der Waals surface area (Å²) >= 11 is 0. The van der Waals surface area contributed by atoms with Crippen LogP contribution < -0.4 is 17.2 Å². The third-order valence-electron chi connectivity index (χ3n) is 2.31. The largest absolute Gasteiger partial charge is 0.398 e. The maximum absolute atomic E-state index is 5.93. The zero-order chi connectivity index (χ0) is 13.5. The Balaban J connectivity index is 3.19. The van der Waals surface area contributed by atoms with Crippen LogP contribution in [0.1, 0.15) is 5.56 Å². The van der Waals surface area contributed by atoms with E-state index in [1.54, 1.807) is 24.4 Å². The van der Waals surface area contributed by atoms with Crippen LogP contribution in [-0.2, 0) is 6.54 Å². The first kappa shape index (κ1) is 13.5. The van der Waals surface area contributed by atoms with Gasteiger partial charge in [-0.3, -0.25) is 9.98 Å². The number of nitrogens with zero attached hydrogens (tertiary/aromatic N) is 2. The lowest BCUT2D eigenvalue weighted by Crippen LogP contribution is -2.04. The summed E-state index contributed by atoms with van der Waals surface area (Å²) in [6.07, 6.45) is 6.24. The van der Waals surface area contributed by atoms with Crippen molar-refractivity contribution in [3.05, 3.63) is 36.9 Å². The molecule has 0 aromatic heterocycles. The Bertz CT molecular complexity index is 515. The summed E-state index contributed by atoms with van der Waals surface area (Å²) in [5.74, 6) is 0. The maximum atomic E-state index is 5.93. The van der Waals surface area contributed by atoms with Crippen LogP contribution in [0.3, 0.4) is 0 Å². The zero-order valence-corrected chi connectivity index (χ0v) is 10.1. The van der Waals surface area contributed by atoms with Crippen LogP contribution in [0.4, 0.5) is 22.7 Å². The van der Waals surface area contributed by atoms with Gasteiger partial charge in [-0.05, 0) is 6.07 Å². The number of benzene rings is 1. The highest BCUT2D eigenvalue weighted by molar-refractivity contribution is 5.88. The quantitative estimate of drug-likeness (QED) is 0.544. The fourth-order valence-corrected chi connectivity index (χ4v) is 1.40. The van der Waals surface area contributed by atoms with Gasteiger partial charge >= 0.3 is 0 Å². The van der Waals surface area contributed by atoms with Crippen LogP contribution in [0.5, 0.6) is 0 Å². The van der Waals surface area contributed by atoms with E-state index >= 15 is 0 Å². The van der Waals surface area contributed by atoms with E-state index in [4.69, 9.17) is 17.2 Å². The van der Waals surface area contributed by atoms with Crippen molar-refractivity contribution in [2.75, 3.05) is 17.2 Å². The van der Waals surface area contributed by atoms with Crippen LogP contribution in [0, 0.1) is 0 Å². The normalized spacial score (nSPS) is 11.1. The lowest BCUT2D eigenvalue weighted by Gasteiger charge is -2.12. The van der Waals surface area contributed by atoms with Crippen molar-refractivity contribution in [1.29, 1.82) is 0 Å². The fraction of sp³-hybridized carbons (Fsp3) is 0.0769. The predicted octanol–water partition coefficient (Wildman–Crippen LogP) is 2.08. The molecule has 0 saturated heterocycles. The summed E-state index contributed by atoms with van der Waals surface area (Å²) < 4.78 is 0. The molecule has 0 aliphatic carbocycles. The second-order valence-corrected chi connectivity index (χ2v) is 3.53. The molecule has 0 aliphatic rings. The van der Waals surface area contributed by atoms with Crippen molar-refractivity contribution < 1.29 is 0 Å². The van der Waals surface area contributed by atoms with E-state index in [1.165, 1.54) is 6.21 Å². The van der Waals surface area contributed by atoms with Crippen molar-refractivity contribution in [3.8, 4) is 0 Å². The molecule has 0 bridgehead atoms. The number of allylic oxidation sites excluding steroid dienone is 2. The van der Waals surface area contributed by atoms with E-state index in [0.29, 0.717) is 34.9 Å². The summed E-state index contributed by atoms with van der Waals surface area (Å²) in [5, 5.41) is 0. The Labute approximate surface area is 106 Å². The number of nitrogen functional groups attached to an aromatic ring is 3. The Morgan fingerprint density at radius 2 is 1.72 bits per heavy atom. The molecule has 0 aliphatic heterocycles. The van der Waals surface area contributed by atoms with Gasteiger partial charge in [0.05, 0.1) is 23.6 Å². The molecule has 94 valence electrons. The van der Waals surface area contributed by atoms with Gasteiger partial charge in [-0.1, -0.05) is 25.3 Å². The van der Waals surface area contributed by atoms with Crippen LogP contribution in [0.25, 0.3) is 0 Å². The molecule has 0 spiro atoms. The Morgan fingerprint density at radius 1 is 1.06 bits per heavy atom. The van der Waals surface area contributed by atoms with Crippen molar-refractivity contribution in [3.63, 3.8) is 0 Å². The number of hydrogen-bond donors (Lipinski definition) is 3. The number of hydrogen-bond acceptors (Lipinski definition) is 5. The molecular formula is C13H17N5. The van der Waals surface area contributed by atoms with Gasteiger partial charge < -0.3 is 17.2 Å². The minimum absolute atomic E-state index is 0.360. The van der Waals surface area contributed by atoms with Crippen LogP contribution >= 0.6 is 0 Å². The van der Waals surface area contributed by atoms with Gasteiger partial charge in [0.2, 0.25) is 0 Å². The van der Waals surface area contributed by atoms with E-state index in [1.807, 2.05) is 0 Å². The van der Waals surface area contributed by atoms with Crippen LogP contribution in [0.2, 0.25) is 0 Å². The number of rotatable bonds is 5. The second kappa shape index (κ2) is 6.24. The minimum atomic E-state index is 0.360. The first-order valence-corrected chi connectivity index (χ1v) is 5.34. The molecule has 5 heteroatoms. The highest BCUT2D eigenvalue weighted by Crippen LogP contribution is 2.35. The highest BCUT2D eigenvalue weighted by atomic mass is 14.8. The average Bonchev–Trinajstić information content (AvgIpc) is 2.36. The van der Waals surface area contributed by atoms with Crippen molar-refractivity contribution in [2.45, 2.75) is 6.54 Å². The molecule has 0 amide bonds. The summed E-state index contributed by atoms with van der Waals surface area (Å²) in [4.78, 5) is 8.20. The Hall–Kier alpha value is -2.56. The SMILES string of the molecule is C=CC=NCc1c(N)cc(N=CC=C)c(N)c1N. The topological polar surface area (TPSA) is 103 Å². The third-order valence-corrected chi connectivity index (χ3v) is 2.31. The van der Waals surface area contributed by atoms with Crippen LogP contribution in [-0.4, -0.2) is 12.4 Å². The van der Waals surface area contributed by atoms with Gasteiger partial charge in [-0.25, -0.2) is 0 Å². The van der Waals surface area contributed by atoms with Gasteiger partial charge in [-0.2, -0.15) is 0 Å². The van der Waals surface area contributed by atoms with E-state index < -0.39 is 0 Å². The van der Waals surface area contributed by atoms with Gasteiger partial charge in [0.25, 0.3) is 0 Å². The smallest absolute Gasteiger partial charge is 0.0900 e. The molecule has 6 N–H and O–H groups in total. The molecule has 0 heterocycles. The molecular weight excluding hydrogens is 226 g/mol. The number of aliphatic imine (C=N–C) groups is 2. The van der Waals surface area contributed by atoms with E-state index in [0.717, 1.165) is 0 Å². The van der Waals surface area contributed by atoms with Crippen molar-refractivity contribution in [1.82, 2.24) is 0 Å². The van der Waals surface area contributed by atoms with Crippen LogP contribution in [0.15, 0.2) is 41.4 Å². The maximum Gasteiger partial charge on any atom is 0.0900 e. The molecule has 1 aromatic rings. The first-order chi connectivity index (χ1) is 8.61. The number of anilines is 3. The van der Waals surface area contributed by atoms with E-state index in [2.05, 4.69) is 23.1 Å². The monoisotopic (exact) mass is 243 g/mol. The Kier molecular flexibility index (Phi) is 4.68. The molecule has 0 saturated carbocycles. The molecule has 1 rings (SSSR count). The minimum Gasteiger partial charge on any atom is -0.398 e. The van der Waals surface area contributed by atoms with E-state index in [-0.39, 0.29) is 0 Å². The lowest BCUT2D eigenvalue weighted by atomic mass is 10.1. The predicted molar refractivity (Wildman–Crippen MR) is 80.4 cm³/mol. The second-order valence-electron chi connectivity index (χ2n) is 3.53. The third kappa shape index (κ3) is 2.98. The summed E-state index contributed by atoms with van der Waals surface area (Å²) in [6, 6.07) is 1.67. The van der Waals surface area contributed by atoms with Crippen molar-refractivity contribution >= 4 is 35.2 Å². The zero-order valence-electron chi connectivity index (χ0n) is 10.1. The van der Waals surface area contributed by atoms with Gasteiger partial charge in [-0.15, -0.1) is 0 Å². The van der Waals surface area contributed by atoms with E-state index in [9.17, 15) is 0 Å². The molecule has 0 atom stereocenters. The summed E-state index contributed by atoms with van der Waals surface area (Å²) in [7, 11) is 0. The van der Waals surface area contributed by atoms with Gasteiger partial charge in [0.1, 0.15) is 0 Å². The van der Waals surface area contributed by atoms with Gasteiger partial charge in [0.15, 0.2) is 0 Å². The summed E-state index contributed by atoms with van der Waals surface area (Å²) in [5.41, 5.74) is 20.3. The molecule has 18 heavy (non-hydrogen) atoms. The van der Waals surface area contributed by atoms with Gasteiger partial charge in [0, 0.05) is 23.7 Å². The molecule has 0 radical (unpaired) electrons. The average molecular weight is 243 g/mol. The molecule has 1 aromatic carbocycles. The molecule has 5 nitrogen and oxygen atoms in total. The summed E-state index contributed by atoms with van der Waals surface area (Å²) in [6.45, 7) is 7.43. The highest BCUT2D eigenvalue weighted by Gasteiger charge is 2.11. The lowest BCUT2D eigenvalue weighted by molar-refractivity contribution is 1.09. The standard InChI is InChI=1S/C13H17N5/c1-3-5-17-8-9-10(14)7-11(18-6-4-2)13(16)12(9)15/h3-7H,1-2,8,14-16H2. The first-order valence-electron chi connectivity index (χ1n) is 5.34. The van der Waals surface area contributed by atoms with Crippen molar-refractivity contribution in [2.24, 2.45) is 9.98 Å². The molecule has 0 unspecified atom stereocenters. The Morgan fingerprint density at radius 3 is 2.33 bits per heavy atom. The molecule has 0 fully saturated rings.